The van der Waals surface area contributed by atoms with Gasteiger partial charge in [-0.3, -0.25) is 0 Å². The third kappa shape index (κ3) is 3.88. The molecule has 0 aromatic heterocycles. The maximum absolute atomic E-state index is 3.50. The van der Waals surface area contributed by atoms with Gasteiger partial charge in [0, 0.05) is 16.7 Å². The Kier molecular flexibility index (Phi) is 4.18. The van der Waals surface area contributed by atoms with Crippen LogP contribution in [0.4, 0.5) is 5.69 Å². The van der Waals surface area contributed by atoms with Crippen LogP contribution in [0.15, 0.2) is 53.0 Å². The zero-order valence-corrected chi connectivity index (χ0v) is 11.3. The number of benzene rings is 2. The van der Waals surface area contributed by atoms with Crippen LogP contribution in [0.25, 0.3) is 0 Å². The van der Waals surface area contributed by atoms with Crippen LogP contribution in [0, 0.1) is 6.92 Å². The molecule has 0 atom stereocenters. The van der Waals surface area contributed by atoms with Crippen molar-refractivity contribution in [1.29, 1.82) is 0 Å². The summed E-state index contributed by atoms with van der Waals surface area (Å²) in [5, 5.41) is 0. The Morgan fingerprint density at radius 2 is 1.82 bits per heavy atom. The highest BCUT2D eigenvalue weighted by atomic mass is 79.9. The molecular weight excluding hydrogens is 276 g/mol. The van der Waals surface area contributed by atoms with E-state index in [2.05, 4.69) is 51.9 Å². The van der Waals surface area contributed by atoms with Crippen molar-refractivity contribution in [3.63, 3.8) is 0 Å². The largest absolute Gasteiger partial charge is 0.321 e. The van der Waals surface area contributed by atoms with Gasteiger partial charge in [-0.1, -0.05) is 40.2 Å². The highest BCUT2D eigenvalue weighted by molar-refractivity contribution is 9.10. The van der Waals surface area contributed by atoms with Crippen LogP contribution in [-0.4, -0.2) is 0 Å². The van der Waals surface area contributed by atoms with E-state index in [1.807, 2.05) is 30.3 Å². The maximum atomic E-state index is 3.50. The first-order chi connectivity index (χ1) is 8.24. The SMILES string of the molecule is Cc1cc(Br)cc(CNNc2ccccc2)c1. The van der Waals surface area contributed by atoms with Gasteiger partial charge in [-0.2, -0.15) is 0 Å². The minimum absolute atomic E-state index is 0.787. The molecule has 88 valence electrons. The lowest BCUT2D eigenvalue weighted by Gasteiger charge is -2.09. The van der Waals surface area contributed by atoms with Crippen molar-refractivity contribution in [3.8, 4) is 0 Å². The lowest BCUT2D eigenvalue weighted by molar-refractivity contribution is 0.800. The van der Waals surface area contributed by atoms with Crippen LogP contribution in [0.5, 0.6) is 0 Å². The minimum atomic E-state index is 0.787. The number of nitrogens with one attached hydrogen (secondary N) is 2. The maximum Gasteiger partial charge on any atom is 0.0487 e. The molecule has 0 heterocycles. The Balaban J connectivity index is 1.90. The zero-order chi connectivity index (χ0) is 12.1. The van der Waals surface area contributed by atoms with Crippen molar-refractivity contribution in [1.82, 2.24) is 5.43 Å². The average Bonchev–Trinajstić information content (AvgIpc) is 2.29. The third-order valence-electron chi connectivity index (χ3n) is 2.40. The monoisotopic (exact) mass is 290 g/mol. The number of aryl methyl sites for hydroxylation is 1. The number of hydrazine groups is 1. The Morgan fingerprint density at radius 1 is 1.06 bits per heavy atom. The molecule has 0 saturated heterocycles. The smallest absolute Gasteiger partial charge is 0.0487 e. The standard InChI is InChI=1S/C14H15BrN2/c1-11-7-12(9-13(15)8-11)10-16-17-14-5-3-2-4-6-14/h2-9,16-17H,10H2,1H3. The molecule has 0 unspecified atom stereocenters. The molecule has 0 aliphatic carbocycles. The van der Waals surface area contributed by atoms with Gasteiger partial charge in [-0.25, -0.2) is 5.43 Å². The highest BCUT2D eigenvalue weighted by Crippen LogP contribution is 2.15. The van der Waals surface area contributed by atoms with Crippen molar-refractivity contribution in [2.24, 2.45) is 0 Å². The number of para-hydroxylation sites is 1. The molecule has 0 spiro atoms. The van der Waals surface area contributed by atoms with E-state index in [0.717, 1.165) is 16.7 Å². The summed E-state index contributed by atoms with van der Waals surface area (Å²) in [6, 6.07) is 16.5. The van der Waals surface area contributed by atoms with Crippen LogP contribution < -0.4 is 10.9 Å². The van der Waals surface area contributed by atoms with Crippen LogP contribution in [0.3, 0.4) is 0 Å². The summed E-state index contributed by atoms with van der Waals surface area (Å²) in [6.07, 6.45) is 0. The van der Waals surface area contributed by atoms with Gasteiger partial charge < -0.3 is 5.43 Å². The fourth-order valence-corrected chi connectivity index (χ4v) is 2.34. The Hall–Kier alpha value is -1.32. The van der Waals surface area contributed by atoms with Gasteiger partial charge in [0.05, 0.1) is 0 Å². The summed E-state index contributed by atoms with van der Waals surface area (Å²) < 4.78 is 1.12. The molecular formula is C14H15BrN2. The highest BCUT2D eigenvalue weighted by Gasteiger charge is 1.96. The van der Waals surface area contributed by atoms with Crippen LogP contribution in [0.2, 0.25) is 0 Å². The minimum Gasteiger partial charge on any atom is -0.321 e. The second kappa shape index (κ2) is 5.84. The summed E-state index contributed by atoms with van der Waals surface area (Å²) >= 11 is 3.50. The molecule has 17 heavy (non-hydrogen) atoms. The Bertz CT molecular complexity index is 463. The molecule has 0 aliphatic rings. The third-order valence-corrected chi connectivity index (χ3v) is 2.86. The quantitative estimate of drug-likeness (QED) is 0.835. The van der Waals surface area contributed by atoms with Crippen molar-refractivity contribution >= 4 is 21.6 Å². The lowest BCUT2D eigenvalue weighted by Crippen LogP contribution is -2.20. The summed E-state index contributed by atoms with van der Waals surface area (Å²) in [4.78, 5) is 0. The van der Waals surface area contributed by atoms with Crippen molar-refractivity contribution < 1.29 is 0 Å². The molecule has 2 aromatic carbocycles. The molecule has 0 bridgehead atoms. The predicted molar refractivity (Wildman–Crippen MR) is 75.8 cm³/mol. The first kappa shape index (κ1) is 12.1. The molecule has 0 saturated carbocycles. The van der Waals surface area contributed by atoms with Crippen LogP contribution >= 0.6 is 15.9 Å². The molecule has 0 aliphatic heterocycles. The second-order valence-electron chi connectivity index (χ2n) is 3.98. The lowest BCUT2D eigenvalue weighted by atomic mass is 10.1. The first-order valence-corrected chi connectivity index (χ1v) is 6.33. The molecule has 0 radical (unpaired) electrons. The van der Waals surface area contributed by atoms with Gasteiger partial charge >= 0.3 is 0 Å². The second-order valence-corrected chi connectivity index (χ2v) is 4.90. The van der Waals surface area contributed by atoms with Gasteiger partial charge in [0.25, 0.3) is 0 Å². The van der Waals surface area contributed by atoms with E-state index in [4.69, 9.17) is 0 Å². The van der Waals surface area contributed by atoms with Crippen molar-refractivity contribution in [2.45, 2.75) is 13.5 Å². The fraction of sp³-hybridized carbons (Fsp3) is 0.143. The predicted octanol–water partition coefficient (Wildman–Crippen LogP) is 3.87. The van der Waals surface area contributed by atoms with E-state index >= 15 is 0 Å². The van der Waals surface area contributed by atoms with Crippen LogP contribution in [0.1, 0.15) is 11.1 Å². The van der Waals surface area contributed by atoms with E-state index in [1.54, 1.807) is 0 Å². The van der Waals surface area contributed by atoms with Crippen LogP contribution in [-0.2, 0) is 6.54 Å². The molecule has 2 rings (SSSR count). The molecule has 3 heteroatoms. The van der Waals surface area contributed by atoms with E-state index in [9.17, 15) is 0 Å². The summed E-state index contributed by atoms with van der Waals surface area (Å²) in [7, 11) is 0. The number of anilines is 1. The van der Waals surface area contributed by atoms with Gasteiger partial charge in [-0.15, -0.1) is 0 Å². The number of hydrogen-bond donors (Lipinski definition) is 2. The number of rotatable bonds is 4. The molecule has 2 nitrogen and oxygen atoms in total. The summed E-state index contributed by atoms with van der Waals surface area (Å²) in [6.45, 7) is 2.88. The molecule has 2 N–H and O–H groups in total. The van der Waals surface area contributed by atoms with Gasteiger partial charge in [0.2, 0.25) is 0 Å². The summed E-state index contributed by atoms with van der Waals surface area (Å²) in [5.41, 5.74) is 9.95. The van der Waals surface area contributed by atoms with E-state index in [1.165, 1.54) is 11.1 Å². The molecule has 2 aromatic rings. The van der Waals surface area contributed by atoms with E-state index < -0.39 is 0 Å². The first-order valence-electron chi connectivity index (χ1n) is 5.54. The Labute approximate surface area is 110 Å². The molecule has 0 amide bonds. The number of hydrogen-bond acceptors (Lipinski definition) is 2. The molecule has 0 fully saturated rings. The normalized spacial score (nSPS) is 10.2. The van der Waals surface area contributed by atoms with Crippen molar-refractivity contribution in [2.75, 3.05) is 5.43 Å². The van der Waals surface area contributed by atoms with E-state index in [-0.39, 0.29) is 0 Å². The van der Waals surface area contributed by atoms with Crippen molar-refractivity contribution in [3.05, 3.63) is 64.1 Å². The Morgan fingerprint density at radius 3 is 2.53 bits per heavy atom. The van der Waals surface area contributed by atoms with Gasteiger partial charge in [0.15, 0.2) is 0 Å². The van der Waals surface area contributed by atoms with E-state index in [0.29, 0.717) is 0 Å². The average molecular weight is 291 g/mol. The number of halogens is 1. The fourth-order valence-electron chi connectivity index (χ4n) is 1.68. The summed E-state index contributed by atoms with van der Waals surface area (Å²) in [5.74, 6) is 0. The van der Waals surface area contributed by atoms with Gasteiger partial charge in [0.1, 0.15) is 0 Å². The zero-order valence-electron chi connectivity index (χ0n) is 9.70. The van der Waals surface area contributed by atoms with Gasteiger partial charge in [-0.05, 0) is 42.3 Å². The topological polar surface area (TPSA) is 24.1 Å².